The summed E-state index contributed by atoms with van der Waals surface area (Å²) in [6.45, 7) is 1.39. The number of fused-ring (bicyclic) bond motifs is 1. The summed E-state index contributed by atoms with van der Waals surface area (Å²) in [4.78, 5) is 15.8. The van der Waals surface area contributed by atoms with Gasteiger partial charge in [0.1, 0.15) is 5.65 Å². The van der Waals surface area contributed by atoms with Crippen LogP contribution >= 0.6 is 0 Å². The summed E-state index contributed by atoms with van der Waals surface area (Å²) in [6, 6.07) is 3.60. The zero-order valence-corrected chi connectivity index (χ0v) is 9.10. The average Bonchev–Trinajstić information content (AvgIpc) is 2.76. The summed E-state index contributed by atoms with van der Waals surface area (Å²) in [6.07, 6.45) is 5.30. The molecule has 84 valence electrons. The maximum absolute atomic E-state index is 11.7. The van der Waals surface area contributed by atoms with E-state index in [4.69, 9.17) is 0 Å². The van der Waals surface area contributed by atoms with Crippen molar-refractivity contribution in [1.29, 1.82) is 0 Å². The van der Waals surface area contributed by atoms with E-state index in [9.17, 15) is 4.79 Å². The van der Waals surface area contributed by atoms with Crippen LogP contribution in [0.5, 0.6) is 0 Å². The second kappa shape index (κ2) is 4.76. The van der Waals surface area contributed by atoms with E-state index in [0.717, 1.165) is 12.2 Å². The number of likely N-dealkylation sites (N-methyl/N-ethyl adjacent to an activating group) is 1. The smallest absolute Gasteiger partial charge is 0.252 e. The maximum atomic E-state index is 11.7. The van der Waals surface area contributed by atoms with Gasteiger partial charge in [0.15, 0.2) is 0 Å². The Balaban J connectivity index is 2.10. The van der Waals surface area contributed by atoms with E-state index < -0.39 is 0 Å². The summed E-state index contributed by atoms with van der Waals surface area (Å²) < 4.78 is 1.83. The molecule has 0 aliphatic carbocycles. The van der Waals surface area contributed by atoms with Gasteiger partial charge in [-0.15, -0.1) is 0 Å². The van der Waals surface area contributed by atoms with Crippen molar-refractivity contribution in [2.45, 2.75) is 0 Å². The van der Waals surface area contributed by atoms with Crippen LogP contribution in [0.4, 0.5) is 0 Å². The van der Waals surface area contributed by atoms with Gasteiger partial charge >= 0.3 is 0 Å². The largest absolute Gasteiger partial charge is 0.351 e. The first kappa shape index (κ1) is 10.6. The van der Waals surface area contributed by atoms with Crippen LogP contribution in [0.2, 0.25) is 0 Å². The molecule has 2 N–H and O–H groups in total. The minimum absolute atomic E-state index is 0.0640. The molecule has 0 aliphatic rings. The van der Waals surface area contributed by atoms with Crippen molar-refractivity contribution in [2.75, 3.05) is 20.1 Å². The normalized spacial score (nSPS) is 10.6. The third-order valence-electron chi connectivity index (χ3n) is 2.31. The van der Waals surface area contributed by atoms with Gasteiger partial charge in [0.05, 0.1) is 5.56 Å². The molecule has 2 heterocycles. The molecule has 0 atom stereocenters. The van der Waals surface area contributed by atoms with Crippen LogP contribution in [0, 0.1) is 0 Å². The minimum Gasteiger partial charge on any atom is -0.351 e. The SMILES string of the molecule is CNCCNC(=O)c1ccc2nccn2c1. The number of hydrogen-bond acceptors (Lipinski definition) is 3. The fraction of sp³-hybridized carbons (Fsp3) is 0.273. The van der Waals surface area contributed by atoms with E-state index in [0.29, 0.717) is 12.1 Å². The fourth-order valence-corrected chi connectivity index (χ4v) is 1.46. The Morgan fingerprint density at radius 3 is 3.12 bits per heavy atom. The first-order valence-electron chi connectivity index (χ1n) is 5.17. The molecule has 0 fully saturated rings. The fourth-order valence-electron chi connectivity index (χ4n) is 1.46. The molecule has 0 radical (unpaired) electrons. The predicted octanol–water partition coefficient (Wildman–Crippen LogP) is 0.283. The van der Waals surface area contributed by atoms with Gasteiger partial charge in [0.25, 0.3) is 5.91 Å². The Labute approximate surface area is 93.5 Å². The average molecular weight is 218 g/mol. The van der Waals surface area contributed by atoms with Crippen molar-refractivity contribution in [2.24, 2.45) is 0 Å². The van der Waals surface area contributed by atoms with Crippen LogP contribution < -0.4 is 10.6 Å². The van der Waals surface area contributed by atoms with Crippen molar-refractivity contribution in [1.82, 2.24) is 20.0 Å². The summed E-state index contributed by atoms with van der Waals surface area (Å²) >= 11 is 0. The Hall–Kier alpha value is -1.88. The Bertz CT molecular complexity index is 491. The van der Waals surface area contributed by atoms with E-state index in [1.54, 1.807) is 18.5 Å². The van der Waals surface area contributed by atoms with Gasteiger partial charge in [-0.2, -0.15) is 0 Å². The highest BCUT2D eigenvalue weighted by atomic mass is 16.1. The maximum Gasteiger partial charge on any atom is 0.252 e. The monoisotopic (exact) mass is 218 g/mol. The van der Waals surface area contributed by atoms with Gasteiger partial charge in [-0.25, -0.2) is 4.98 Å². The summed E-state index contributed by atoms with van der Waals surface area (Å²) in [5.74, 6) is -0.0640. The summed E-state index contributed by atoms with van der Waals surface area (Å²) in [5.41, 5.74) is 1.48. The Morgan fingerprint density at radius 2 is 2.31 bits per heavy atom. The highest BCUT2D eigenvalue weighted by molar-refractivity contribution is 5.94. The second-order valence-electron chi connectivity index (χ2n) is 3.47. The molecule has 0 bridgehead atoms. The lowest BCUT2D eigenvalue weighted by Gasteiger charge is -2.04. The van der Waals surface area contributed by atoms with Crippen LogP contribution in [0.3, 0.4) is 0 Å². The lowest BCUT2D eigenvalue weighted by Crippen LogP contribution is -2.30. The van der Waals surface area contributed by atoms with Gasteiger partial charge in [-0.1, -0.05) is 0 Å². The van der Waals surface area contributed by atoms with Gasteiger partial charge in [0, 0.05) is 31.7 Å². The number of carbonyl (C=O) groups is 1. The molecule has 0 saturated carbocycles. The lowest BCUT2D eigenvalue weighted by atomic mass is 10.2. The summed E-state index contributed by atoms with van der Waals surface area (Å²) in [7, 11) is 1.85. The topological polar surface area (TPSA) is 58.4 Å². The van der Waals surface area contributed by atoms with Gasteiger partial charge in [-0.05, 0) is 19.2 Å². The van der Waals surface area contributed by atoms with Crippen molar-refractivity contribution in [3.8, 4) is 0 Å². The van der Waals surface area contributed by atoms with Crippen molar-refractivity contribution >= 4 is 11.6 Å². The van der Waals surface area contributed by atoms with Crippen LogP contribution in [-0.4, -0.2) is 35.4 Å². The predicted molar refractivity (Wildman–Crippen MR) is 61.5 cm³/mol. The molecule has 2 rings (SSSR count). The number of nitrogens with one attached hydrogen (secondary N) is 2. The number of imidazole rings is 1. The molecule has 16 heavy (non-hydrogen) atoms. The number of hydrogen-bond donors (Lipinski definition) is 2. The molecule has 0 aliphatic heterocycles. The Kier molecular flexibility index (Phi) is 3.16. The molecular formula is C11H14N4O. The highest BCUT2D eigenvalue weighted by Crippen LogP contribution is 2.04. The number of carbonyl (C=O) groups excluding carboxylic acids is 1. The highest BCUT2D eigenvalue weighted by Gasteiger charge is 2.05. The van der Waals surface area contributed by atoms with Crippen molar-refractivity contribution < 1.29 is 4.79 Å². The van der Waals surface area contributed by atoms with Crippen LogP contribution in [0.1, 0.15) is 10.4 Å². The first-order valence-corrected chi connectivity index (χ1v) is 5.17. The number of nitrogens with zero attached hydrogens (tertiary/aromatic N) is 2. The third-order valence-corrected chi connectivity index (χ3v) is 2.31. The minimum atomic E-state index is -0.0640. The van der Waals surface area contributed by atoms with Gasteiger partial charge < -0.3 is 15.0 Å². The zero-order valence-electron chi connectivity index (χ0n) is 9.10. The molecular weight excluding hydrogens is 204 g/mol. The van der Waals surface area contributed by atoms with Crippen molar-refractivity contribution in [3.05, 3.63) is 36.3 Å². The zero-order chi connectivity index (χ0) is 11.4. The molecule has 5 heteroatoms. The quantitative estimate of drug-likeness (QED) is 0.725. The summed E-state index contributed by atoms with van der Waals surface area (Å²) in [5, 5.41) is 5.79. The number of amides is 1. The number of pyridine rings is 1. The molecule has 0 aromatic carbocycles. The number of rotatable bonds is 4. The van der Waals surface area contributed by atoms with E-state index in [2.05, 4.69) is 15.6 Å². The molecule has 0 spiro atoms. The van der Waals surface area contributed by atoms with E-state index in [-0.39, 0.29) is 5.91 Å². The van der Waals surface area contributed by atoms with E-state index >= 15 is 0 Å². The van der Waals surface area contributed by atoms with Crippen LogP contribution in [-0.2, 0) is 0 Å². The molecule has 0 unspecified atom stereocenters. The van der Waals surface area contributed by atoms with Crippen molar-refractivity contribution in [3.63, 3.8) is 0 Å². The molecule has 2 aromatic heterocycles. The van der Waals surface area contributed by atoms with E-state index in [1.165, 1.54) is 0 Å². The lowest BCUT2D eigenvalue weighted by molar-refractivity contribution is 0.0953. The van der Waals surface area contributed by atoms with Gasteiger partial charge in [-0.3, -0.25) is 4.79 Å². The van der Waals surface area contributed by atoms with E-state index in [1.807, 2.05) is 23.7 Å². The number of aromatic nitrogens is 2. The molecule has 2 aromatic rings. The van der Waals surface area contributed by atoms with Crippen LogP contribution in [0.15, 0.2) is 30.7 Å². The van der Waals surface area contributed by atoms with Gasteiger partial charge in [0.2, 0.25) is 0 Å². The second-order valence-corrected chi connectivity index (χ2v) is 3.47. The van der Waals surface area contributed by atoms with Crippen LogP contribution in [0.25, 0.3) is 5.65 Å². The third kappa shape index (κ3) is 2.20. The first-order chi connectivity index (χ1) is 7.81. The molecule has 5 nitrogen and oxygen atoms in total. The Morgan fingerprint density at radius 1 is 1.44 bits per heavy atom. The molecule has 1 amide bonds. The molecule has 0 saturated heterocycles. The standard InChI is InChI=1S/C11H14N4O/c1-12-4-5-14-11(16)9-2-3-10-13-6-7-15(10)8-9/h2-3,6-8,12H,4-5H2,1H3,(H,14,16).